The molecule has 0 aliphatic carbocycles. The molecule has 3 nitrogen and oxygen atoms in total. The quantitative estimate of drug-likeness (QED) is 0.830. The lowest BCUT2D eigenvalue weighted by molar-refractivity contribution is -0.132. The summed E-state index contributed by atoms with van der Waals surface area (Å²) in [6.07, 6.45) is 0. The summed E-state index contributed by atoms with van der Waals surface area (Å²) >= 11 is 3.03. The van der Waals surface area contributed by atoms with Gasteiger partial charge in [0.2, 0.25) is 0 Å². The highest BCUT2D eigenvalue weighted by molar-refractivity contribution is 9.10. The number of anilines is 1. The first-order chi connectivity index (χ1) is 7.00. The van der Waals surface area contributed by atoms with Crippen LogP contribution in [0.3, 0.4) is 0 Å². The minimum absolute atomic E-state index is 0.0513. The van der Waals surface area contributed by atoms with Crippen molar-refractivity contribution in [1.82, 2.24) is 0 Å². The van der Waals surface area contributed by atoms with Gasteiger partial charge in [-0.2, -0.15) is 0 Å². The van der Waals surface area contributed by atoms with E-state index in [-0.39, 0.29) is 17.9 Å². The summed E-state index contributed by atoms with van der Waals surface area (Å²) in [4.78, 5) is 10.4. The summed E-state index contributed by atoms with van der Waals surface area (Å²) in [5.41, 5.74) is 0.682. The Kier molecular flexibility index (Phi) is 3.85. The van der Waals surface area contributed by atoms with Crippen molar-refractivity contribution < 1.29 is 14.3 Å². The van der Waals surface area contributed by atoms with Crippen molar-refractivity contribution in [2.45, 2.75) is 0 Å². The first-order valence-electron chi connectivity index (χ1n) is 4.10. The summed E-state index contributed by atoms with van der Waals surface area (Å²) in [5.74, 6) is -1.42. The van der Waals surface area contributed by atoms with E-state index in [1.54, 1.807) is 0 Å². The van der Waals surface area contributed by atoms with Gasteiger partial charge in [-0.15, -0.1) is 0 Å². The molecule has 0 bridgehead atoms. The number of benzene rings is 1. The second-order valence-electron chi connectivity index (χ2n) is 2.89. The van der Waals surface area contributed by atoms with Gasteiger partial charge in [0, 0.05) is 17.8 Å². The molecular weight excluding hydrogens is 265 g/mol. The maximum atomic E-state index is 12.8. The number of carbonyl (C=O) groups is 1. The van der Waals surface area contributed by atoms with Crippen molar-refractivity contribution in [2.75, 3.05) is 11.9 Å². The van der Waals surface area contributed by atoms with Crippen LogP contribution in [0.4, 0.5) is 10.1 Å². The summed E-state index contributed by atoms with van der Waals surface area (Å²) in [5, 5.41) is 11.4. The van der Waals surface area contributed by atoms with Crippen LogP contribution in [0, 0.1) is 5.82 Å². The van der Waals surface area contributed by atoms with Crippen LogP contribution in [0.1, 0.15) is 0 Å². The SMILES string of the molecule is C=C(CNc1ccc(F)c(Br)c1)C(=O)O. The monoisotopic (exact) mass is 273 g/mol. The number of aliphatic carboxylic acids is 1. The van der Waals surface area contributed by atoms with Gasteiger partial charge in [0.1, 0.15) is 5.82 Å². The second kappa shape index (κ2) is 4.93. The molecule has 0 saturated carbocycles. The second-order valence-corrected chi connectivity index (χ2v) is 3.75. The topological polar surface area (TPSA) is 49.3 Å². The van der Waals surface area contributed by atoms with Crippen LogP contribution in [0.15, 0.2) is 34.8 Å². The minimum atomic E-state index is -1.05. The van der Waals surface area contributed by atoms with Crippen LogP contribution in [0.25, 0.3) is 0 Å². The number of carboxylic acids is 1. The van der Waals surface area contributed by atoms with Gasteiger partial charge in [0.15, 0.2) is 0 Å². The van der Waals surface area contributed by atoms with Crippen molar-refractivity contribution in [2.24, 2.45) is 0 Å². The van der Waals surface area contributed by atoms with Crippen molar-refractivity contribution >= 4 is 27.6 Å². The summed E-state index contributed by atoms with van der Waals surface area (Å²) in [7, 11) is 0. The standard InChI is InChI=1S/C10H9BrFNO2/c1-6(10(14)15)5-13-7-2-3-9(12)8(11)4-7/h2-4,13H,1,5H2,(H,14,15). The number of hydrogen-bond acceptors (Lipinski definition) is 2. The summed E-state index contributed by atoms with van der Waals surface area (Å²) in [6, 6.07) is 4.34. The molecule has 0 aromatic heterocycles. The van der Waals surface area contributed by atoms with Gasteiger partial charge in [-0.1, -0.05) is 6.58 Å². The predicted octanol–water partition coefficient (Wildman–Crippen LogP) is 2.64. The van der Waals surface area contributed by atoms with Crippen LogP contribution in [0.5, 0.6) is 0 Å². The number of nitrogens with one attached hydrogen (secondary N) is 1. The van der Waals surface area contributed by atoms with Gasteiger partial charge in [-0.25, -0.2) is 9.18 Å². The number of carboxylic acid groups (broad SMARTS) is 1. The molecule has 0 unspecified atom stereocenters. The zero-order valence-electron chi connectivity index (χ0n) is 7.76. The fraction of sp³-hybridized carbons (Fsp3) is 0.100. The molecule has 1 aromatic carbocycles. The van der Waals surface area contributed by atoms with Crippen LogP contribution in [-0.4, -0.2) is 17.6 Å². The van der Waals surface area contributed by atoms with E-state index in [2.05, 4.69) is 27.8 Å². The van der Waals surface area contributed by atoms with Gasteiger partial charge in [0.25, 0.3) is 0 Å². The lowest BCUT2D eigenvalue weighted by Crippen LogP contribution is -2.11. The molecule has 15 heavy (non-hydrogen) atoms. The molecule has 80 valence electrons. The van der Waals surface area contributed by atoms with Crippen LogP contribution >= 0.6 is 15.9 Å². The van der Waals surface area contributed by atoms with Crippen molar-refractivity contribution in [3.8, 4) is 0 Å². The fourth-order valence-corrected chi connectivity index (χ4v) is 1.27. The molecule has 0 radical (unpaired) electrons. The van der Waals surface area contributed by atoms with Gasteiger partial charge >= 0.3 is 5.97 Å². The molecule has 0 amide bonds. The van der Waals surface area contributed by atoms with E-state index in [0.29, 0.717) is 10.2 Å². The Morgan fingerprint density at radius 2 is 2.27 bits per heavy atom. The van der Waals surface area contributed by atoms with Crippen molar-refractivity contribution in [3.05, 3.63) is 40.6 Å². The molecule has 1 aromatic rings. The van der Waals surface area contributed by atoms with E-state index in [4.69, 9.17) is 5.11 Å². The number of hydrogen-bond donors (Lipinski definition) is 2. The summed E-state index contributed by atoms with van der Waals surface area (Å²) < 4.78 is 13.2. The fourth-order valence-electron chi connectivity index (χ4n) is 0.890. The Morgan fingerprint density at radius 1 is 1.60 bits per heavy atom. The van der Waals surface area contributed by atoms with Gasteiger partial charge in [-0.05, 0) is 34.1 Å². The lowest BCUT2D eigenvalue weighted by Gasteiger charge is -2.06. The van der Waals surface area contributed by atoms with Crippen LogP contribution in [0.2, 0.25) is 0 Å². The smallest absolute Gasteiger partial charge is 0.332 e. The third-order valence-electron chi connectivity index (χ3n) is 1.73. The molecule has 0 atom stereocenters. The van der Waals surface area contributed by atoms with E-state index in [1.807, 2.05) is 0 Å². The Bertz CT molecular complexity index is 406. The van der Waals surface area contributed by atoms with Gasteiger partial charge < -0.3 is 10.4 Å². The van der Waals surface area contributed by atoms with Crippen LogP contribution in [-0.2, 0) is 4.79 Å². The Morgan fingerprint density at radius 3 is 2.80 bits per heavy atom. The largest absolute Gasteiger partial charge is 0.478 e. The average molecular weight is 274 g/mol. The third-order valence-corrected chi connectivity index (χ3v) is 2.34. The molecule has 0 aliphatic heterocycles. The number of halogens is 2. The molecule has 0 heterocycles. The molecular formula is C10H9BrFNO2. The molecule has 0 saturated heterocycles. The van der Waals surface area contributed by atoms with Crippen molar-refractivity contribution in [1.29, 1.82) is 0 Å². The van der Waals surface area contributed by atoms with Crippen molar-refractivity contribution in [3.63, 3.8) is 0 Å². The first-order valence-corrected chi connectivity index (χ1v) is 4.90. The van der Waals surface area contributed by atoms with E-state index in [9.17, 15) is 9.18 Å². The Balaban J connectivity index is 2.62. The van der Waals surface area contributed by atoms with Gasteiger partial charge in [0.05, 0.1) is 4.47 Å². The zero-order chi connectivity index (χ0) is 11.4. The average Bonchev–Trinajstić information content (AvgIpc) is 2.19. The molecule has 2 N–H and O–H groups in total. The van der Waals surface area contributed by atoms with Gasteiger partial charge in [-0.3, -0.25) is 0 Å². The normalized spacial score (nSPS) is 9.73. The molecule has 1 rings (SSSR count). The Labute approximate surface area is 94.7 Å². The minimum Gasteiger partial charge on any atom is -0.478 e. The molecule has 0 aliphatic rings. The van der Waals surface area contributed by atoms with E-state index in [1.165, 1.54) is 18.2 Å². The predicted molar refractivity (Wildman–Crippen MR) is 59.4 cm³/mol. The lowest BCUT2D eigenvalue weighted by atomic mass is 10.2. The Hall–Kier alpha value is -1.36. The summed E-state index contributed by atoms with van der Waals surface area (Å²) in [6.45, 7) is 3.48. The third kappa shape index (κ3) is 3.36. The highest BCUT2D eigenvalue weighted by Crippen LogP contribution is 2.19. The van der Waals surface area contributed by atoms with E-state index < -0.39 is 5.97 Å². The maximum absolute atomic E-state index is 12.8. The first kappa shape index (κ1) is 11.7. The van der Waals surface area contributed by atoms with Crippen LogP contribution < -0.4 is 5.32 Å². The number of rotatable bonds is 4. The molecule has 0 spiro atoms. The van der Waals surface area contributed by atoms with E-state index >= 15 is 0 Å². The molecule has 5 heteroatoms. The highest BCUT2D eigenvalue weighted by atomic mass is 79.9. The highest BCUT2D eigenvalue weighted by Gasteiger charge is 2.04. The van der Waals surface area contributed by atoms with E-state index in [0.717, 1.165) is 0 Å². The zero-order valence-corrected chi connectivity index (χ0v) is 9.34. The maximum Gasteiger partial charge on any atom is 0.332 e. The molecule has 0 fully saturated rings.